The first kappa shape index (κ1) is 13.2. The summed E-state index contributed by atoms with van der Waals surface area (Å²) in [5.41, 5.74) is -0.205. The Kier molecular flexibility index (Phi) is 4.77. The average molecular weight is 292 g/mol. The molecule has 0 amide bonds. The van der Waals surface area contributed by atoms with Crippen molar-refractivity contribution in [2.45, 2.75) is 32.4 Å². The van der Waals surface area contributed by atoms with Crippen molar-refractivity contribution < 1.29 is 4.74 Å². The van der Waals surface area contributed by atoms with Gasteiger partial charge in [0.05, 0.1) is 11.6 Å². The van der Waals surface area contributed by atoms with E-state index in [-0.39, 0.29) is 11.6 Å². The quantitative estimate of drug-likeness (QED) is 0.895. The van der Waals surface area contributed by atoms with Gasteiger partial charge in [-0.05, 0) is 47.8 Å². The van der Waals surface area contributed by atoms with E-state index in [0.717, 1.165) is 11.0 Å². The van der Waals surface area contributed by atoms with E-state index in [0.29, 0.717) is 0 Å². The van der Waals surface area contributed by atoms with E-state index in [1.165, 1.54) is 4.88 Å². The molecule has 1 atom stereocenters. The first-order chi connectivity index (χ1) is 7.03. The Bertz CT molecular complexity index is 311. The summed E-state index contributed by atoms with van der Waals surface area (Å²) in [5, 5.41) is 5.57. The molecule has 2 nitrogen and oxygen atoms in total. The summed E-state index contributed by atoms with van der Waals surface area (Å²) >= 11 is 5.32. The molecule has 15 heavy (non-hydrogen) atoms. The summed E-state index contributed by atoms with van der Waals surface area (Å²) in [6, 6.07) is 2.30. The van der Waals surface area contributed by atoms with Crippen LogP contribution in [0.4, 0.5) is 0 Å². The smallest absolute Gasteiger partial charge is 0.0825 e. The second-order valence-electron chi connectivity index (χ2n) is 3.93. The third kappa shape index (κ3) is 3.03. The number of ether oxygens (including phenoxy) is 1. The number of thiophene rings is 1. The Labute approximate surface area is 104 Å². The van der Waals surface area contributed by atoms with E-state index < -0.39 is 0 Å². The minimum atomic E-state index is -0.205. The van der Waals surface area contributed by atoms with Crippen LogP contribution >= 0.6 is 27.3 Å². The molecular formula is C11H18BrNOS. The lowest BCUT2D eigenvalue weighted by Crippen LogP contribution is -2.40. The Hall–Kier alpha value is 0.1000. The molecule has 0 saturated heterocycles. The van der Waals surface area contributed by atoms with Gasteiger partial charge in [-0.15, -0.1) is 11.3 Å². The fraction of sp³-hybridized carbons (Fsp3) is 0.636. The van der Waals surface area contributed by atoms with Crippen molar-refractivity contribution in [3.8, 4) is 0 Å². The number of hydrogen-bond donors (Lipinski definition) is 1. The highest BCUT2D eigenvalue weighted by molar-refractivity contribution is 9.10. The molecule has 1 rings (SSSR count). The molecule has 1 aromatic rings. The van der Waals surface area contributed by atoms with Gasteiger partial charge in [-0.25, -0.2) is 0 Å². The fourth-order valence-corrected chi connectivity index (χ4v) is 3.34. The van der Waals surface area contributed by atoms with E-state index in [2.05, 4.69) is 53.5 Å². The van der Waals surface area contributed by atoms with Crippen LogP contribution in [0.25, 0.3) is 0 Å². The molecule has 0 fully saturated rings. The predicted octanol–water partition coefficient (Wildman–Crippen LogP) is 3.59. The maximum Gasteiger partial charge on any atom is 0.0825 e. The standard InChI is InChI=1S/C11H18BrNOS/c1-5-13-10(11(2,3)14-4)9-8(12)6-7-15-9/h6-7,10,13H,5H2,1-4H3. The summed E-state index contributed by atoms with van der Waals surface area (Å²) in [6.07, 6.45) is 0. The van der Waals surface area contributed by atoms with Gasteiger partial charge < -0.3 is 10.1 Å². The molecular weight excluding hydrogens is 274 g/mol. The highest BCUT2D eigenvalue weighted by Gasteiger charge is 2.32. The van der Waals surface area contributed by atoms with Gasteiger partial charge in [0.25, 0.3) is 0 Å². The highest BCUT2D eigenvalue weighted by atomic mass is 79.9. The largest absolute Gasteiger partial charge is 0.377 e. The Balaban J connectivity index is 2.98. The number of methoxy groups -OCH3 is 1. The van der Waals surface area contributed by atoms with Crippen molar-refractivity contribution >= 4 is 27.3 Å². The summed E-state index contributed by atoms with van der Waals surface area (Å²) in [7, 11) is 1.76. The molecule has 0 saturated carbocycles. The van der Waals surface area contributed by atoms with Gasteiger partial charge in [0.15, 0.2) is 0 Å². The first-order valence-corrected chi connectivity index (χ1v) is 6.71. The number of nitrogens with one attached hydrogen (secondary N) is 1. The van der Waals surface area contributed by atoms with Crippen LogP contribution < -0.4 is 5.32 Å². The molecule has 0 aliphatic carbocycles. The van der Waals surface area contributed by atoms with Crippen LogP contribution in [-0.4, -0.2) is 19.3 Å². The maximum atomic E-state index is 5.55. The van der Waals surface area contributed by atoms with E-state index in [9.17, 15) is 0 Å². The molecule has 1 heterocycles. The fourth-order valence-electron chi connectivity index (χ4n) is 1.49. The molecule has 1 N–H and O–H groups in total. The monoisotopic (exact) mass is 291 g/mol. The molecule has 0 bridgehead atoms. The maximum absolute atomic E-state index is 5.55. The Morgan fingerprint density at radius 2 is 2.27 bits per heavy atom. The second-order valence-corrected chi connectivity index (χ2v) is 5.73. The molecule has 4 heteroatoms. The SMILES string of the molecule is CCNC(c1sccc1Br)C(C)(C)OC. The molecule has 0 aliphatic heterocycles. The number of likely N-dealkylation sites (N-methyl/N-ethyl adjacent to an activating group) is 1. The zero-order chi connectivity index (χ0) is 11.5. The third-order valence-corrected chi connectivity index (χ3v) is 4.47. The second kappa shape index (κ2) is 5.43. The van der Waals surface area contributed by atoms with E-state index in [1.54, 1.807) is 18.4 Å². The van der Waals surface area contributed by atoms with Gasteiger partial charge in [-0.1, -0.05) is 6.92 Å². The molecule has 1 unspecified atom stereocenters. The van der Waals surface area contributed by atoms with Crippen LogP contribution in [0.3, 0.4) is 0 Å². The summed E-state index contributed by atoms with van der Waals surface area (Å²) < 4.78 is 6.71. The van der Waals surface area contributed by atoms with Gasteiger partial charge in [-0.3, -0.25) is 0 Å². The van der Waals surface area contributed by atoms with Crippen LogP contribution in [0, 0.1) is 0 Å². The number of hydrogen-bond acceptors (Lipinski definition) is 3. The Morgan fingerprint density at radius 3 is 2.67 bits per heavy atom. The topological polar surface area (TPSA) is 21.3 Å². The molecule has 0 aromatic carbocycles. The molecule has 86 valence electrons. The zero-order valence-corrected chi connectivity index (χ0v) is 12.0. The summed E-state index contributed by atoms with van der Waals surface area (Å²) in [6.45, 7) is 7.25. The van der Waals surface area contributed by atoms with E-state index in [1.807, 2.05) is 0 Å². The Morgan fingerprint density at radius 1 is 1.60 bits per heavy atom. The van der Waals surface area contributed by atoms with Crippen molar-refractivity contribution in [1.82, 2.24) is 5.32 Å². The summed E-state index contributed by atoms with van der Waals surface area (Å²) in [4.78, 5) is 1.30. The lowest BCUT2D eigenvalue weighted by atomic mass is 9.97. The van der Waals surface area contributed by atoms with E-state index >= 15 is 0 Å². The molecule has 1 aromatic heterocycles. The minimum Gasteiger partial charge on any atom is -0.377 e. The van der Waals surface area contributed by atoms with Crippen molar-refractivity contribution in [2.75, 3.05) is 13.7 Å². The lowest BCUT2D eigenvalue weighted by molar-refractivity contribution is -0.00983. The van der Waals surface area contributed by atoms with Crippen molar-refractivity contribution in [2.24, 2.45) is 0 Å². The van der Waals surface area contributed by atoms with Crippen LogP contribution in [0.2, 0.25) is 0 Å². The van der Waals surface area contributed by atoms with Gasteiger partial charge >= 0.3 is 0 Å². The van der Waals surface area contributed by atoms with Gasteiger partial charge in [0, 0.05) is 16.5 Å². The molecule has 0 radical (unpaired) electrons. The lowest BCUT2D eigenvalue weighted by Gasteiger charge is -2.33. The summed E-state index contributed by atoms with van der Waals surface area (Å²) in [5.74, 6) is 0. The zero-order valence-electron chi connectivity index (χ0n) is 9.63. The highest BCUT2D eigenvalue weighted by Crippen LogP contribution is 2.36. The van der Waals surface area contributed by atoms with Crippen LogP contribution in [-0.2, 0) is 4.74 Å². The first-order valence-electron chi connectivity index (χ1n) is 5.04. The van der Waals surface area contributed by atoms with E-state index in [4.69, 9.17) is 4.74 Å². The predicted molar refractivity (Wildman–Crippen MR) is 69.5 cm³/mol. The van der Waals surface area contributed by atoms with Gasteiger partial charge in [0.2, 0.25) is 0 Å². The number of halogens is 1. The third-order valence-electron chi connectivity index (χ3n) is 2.54. The van der Waals surface area contributed by atoms with Crippen LogP contribution in [0.5, 0.6) is 0 Å². The minimum absolute atomic E-state index is 0.205. The van der Waals surface area contributed by atoms with Crippen molar-refractivity contribution in [3.63, 3.8) is 0 Å². The van der Waals surface area contributed by atoms with Gasteiger partial charge in [0.1, 0.15) is 0 Å². The molecule has 0 aliphatic rings. The molecule has 0 spiro atoms. The number of rotatable bonds is 5. The average Bonchev–Trinajstić information content (AvgIpc) is 2.60. The normalized spacial score (nSPS) is 14.2. The van der Waals surface area contributed by atoms with Crippen LogP contribution in [0.1, 0.15) is 31.7 Å². The van der Waals surface area contributed by atoms with Crippen LogP contribution in [0.15, 0.2) is 15.9 Å². The van der Waals surface area contributed by atoms with Crippen molar-refractivity contribution in [1.29, 1.82) is 0 Å². The van der Waals surface area contributed by atoms with Gasteiger partial charge in [-0.2, -0.15) is 0 Å². The van der Waals surface area contributed by atoms with Crippen molar-refractivity contribution in [3.05, 3.63) is 20.8 Å².